The molecular weight excluding hydrogens is 318 g/mol. The number of rotatable bonds is 4. The van der Waals surface area contributed by atoms with Gasteiger partial charge in [-0.1, -0.05) is 18.2 Å². The molecular formula is C15H13N3O2S2. The van der Waals surface area contributed by atoms with Crippen LogP contribution >= 0.6 is 23.1 Å². The third-order valence-electron chi connectivity index (χ3n) is 3.03. The van der Waals surface area contributed by atoms with Crippen LogP contribution in [0.15, 0.2) is 51.8 Å². The van der Waals surface area contributed by atoms with Crippen LogP contribution in [0.2, 0.25) is 0 Å². The number of hydrazone groups is 1. The second-order valence-electron chi connectivity index (χ2n) is 4.54. The number of thioether (sulfide) groups is 1. The van der Waals surface area contributed by atoms with Crippen LogP contribution in [0.5, 0.6) is 0 Å². The maximum absolute atomic E-state index is 12.0. The van der Waals surface area contributed by atoms with Crippen LogP contribution in [0.1, 0.15) is 4.88 Å². The number of nitrogens with zero attached hydrogens (tertiary/aromatic N) is 2. The van der Waals surface area contributed by atoms with E-state index in [0.29, 0.717) is 5.75 Å². The first-order chi connectivity index (χ1) is 10.7. The van der Waals surface area contributed by atoms with E-state index >= 15 is 0 Å². The number of hydrogen-bond acceptors (Lipinski definition) is 5. The van der Waals surface area contributed by atoms with E-state index < -0.39 is 0 Å². The Labute approximate surface area is 136 Å². The minimum Gasteiger partial charge on any atom is -0.301 e. The molecule has 0 bridgehead atoms. The van der Waals surface area contributed by atoms with Crippen LogP contribution in [-0.4, -0.2) is 30.3 Å². The van der Waals surface area contributed by atoms with Gasteiger partial charge < -0.3 is 4.90 Å². The molecule has 3 rings (SSSR count). The van der Waals surface area contributed by atoms with Crippen LogP contribution in [-0.2, 0) is 9.59 Å². The van der Waals surface area contributed by atoms with Gasteiger partial charge in [-0.2, -0.15) is 5.10 Å². The zero-order valence-corrected chi connectivity index (χ0v) is 13.2. The van der Waals surface area contributed by atoms with Crippen molar-refractivity contribution < 1.29 is 9.59 Å². The molecule has 2 aromatic rings. The van der Waals surface area contributed by atoms with E-state index in [9.17, 15) is 9.59 Å². The molecule has 0 aliphatic carbocycles. The fourth-order valence-corrected chi connectivity index (χ4v) is 3.56. The van der Waals surface area contributed by atoms with Gasteiger partial charge in [-0.15, -0.1) is 23.1 Å². The fourth-order valence-electron chi connectivity index (χ4n) is 2.04. The van der Waals surface area contributed by atoms with Gasteiger partial charge in [0.25, 0.3) is 5.91 Å². The van der Waals surface area contributed by atoms with E-state index in [-0.39, 0.29) is 18.4 Å². The Kier molecular flexibility index (Phi) is 4.55. The molecule has 0 saturated carbocycles. The summed E-state index contributed by atoms with van der Waals surface area (Å²) < 4.78 is 0. The van der Waals surface area contributed by atoms with Crippen LogP contribution < -0.4 is 10.3 Å². The minimum atomic E-state index is -0.317. The number of carbonyl (C=O) groups is 2. The van der Waals surface area contributed by atoms with Crippen molar-refractivity contribution in [2.24, 2.45) is 5.10 Å². The lowest BCUT2D eigenvalue weighted by atomic mass is 10.2. The lowest BCUT2D eigenvalue weighted by molar-refractivity contribution is -0.122. The maximum Gasteiger partial charge on any atom is 0.260 e. The number of para-hydroxylation sites is 1. The first-order valence-corrected chi connectivity index (χ1v) is 8.48. The van der Waals surface area contributed by atoms with E-state index in [1.54, 1.807) is 6.21 Å². The molecule has 0 spiro atoms. The average Bonchev–Trinajstić information content (AvgIpc) is 3.03. The normalized spacial score (nSPS) is 14.2. The van der Waals surface area contributed by atoms with Crippen LogP contribution in [0.25, 0.3) is 0 Å². The first kappa shape index (κ1) is 14.8. The largest absolute Gasteiger partial charge is 0.301 e. The predicted molar refractivity (Wildman–Crippen MR) is 89.6 cm³/mol. The standard InChI is InChI=1S/C15H13N3O2S2/c19-14(17-16-8-11-4-3-7-21-11)9-18-12-5-1-2-6-13(12)22-10-15(18)20/h1-8H,9-10H2,(H,17,19)/b16-8-. The predicted octanol–water partition coefficient (Wildman–Crippen LogP) is 2.34. The summed E-state index contributed by atoms with van der Waals surface area (Å²) in [6.45, 7) is -0.0296. The van der Waals surface area contributed by atoms with Crippen molar-refractivity contribution in [2.45, 2.75) is 4.90 Å². The first-order valence-electron chi connectivity index (χ1n) is 6.61. The van der Waals surface area contributed by atoms with Crippen molar-refractivity contribution >= 4 is 46.8 Å². The Morgan fingerprint density at radius 3 is 3.00 bits per heavy atom. The summed E-state index contributed by atoms with van der Waals surface area (Å²) >= 11 is 3.03. The van der Waals surface area contributed by atoms with Gasteiger partial charge in [-0.05, 0) is 23.6 Å². The number of benzene rings is 1. The molecule has 0 radical (unpaired) electrons. The second kappa shape index (κ2) is 6.76. The van der Waals surface area contributed by atoms with Gasteiger partial charge in [0.05, 0.1) is 17.7 Å². The van der Waals surface area contributed by atoms with E-state index in [2.05, 4.69) is 10.5 Å². The van der Waals surface area contributed by atoms with E-state index in [4.69, 9.17) is 0 Å². The number of carbonyl (C=O) groups excluding carboxylic acids is 2. The number of anilines is 1. The van der Waals surface area contributed by atoms with Crippen molar-refractivity contribution in [3.05, 3.63) is 46.7 Å². The molecule has 1 aliphatic rings. The molecule has 112 valence electrons. The van der Waals surface area contributed by atoms with Crippen molar-refractivity contribution in [3.63, 3.8) is 0 Å². The lowest BCUT2D eigenvalue weighted by Crippen LogP contribution is -2.42. The van der Waals surface area contributed by atoms with E-state index in [1.165, 1.54) is 28.0 Å². The highest BCUT2D eigenvalue weighted by atomic mass is 32.2. The third-order valence-corrected chi connectivity index (χ3v) is 4.89. The second-order valence-corrected chi connectivity index (χ2v) is 6.54. The Bertz CT molecular complexity index is 713. The van der Waals surface area contributed by atoms with Gasteiger partial charge in [0.15, 0.2) is 0 Å². The zero-order valence-electron chi connectivity index (χ0n) is 11.6. The molecule has 22 heavy (non-hydrogen) atoms. The maximum atomic E-state index is 12.0. The van der Waals surface area contributed by atoms with Gasteiger partial charge >= 0.3 is 0 Å². The molecule has 1 aromatic heterocycles. The molecule has 2 heterocycles. The highest BCUT2D eigenvalue weighted by Crippen LogP contribution is 2.34. The summed E-state index contributed by atoms with van der Waals surface area (Å²) in [5.41, 5.74) is 3.23. The fraction of sp³-hybridized carbons (Fsp3) is 0.133. The van der Waals surface area contributed by atoms with Crippen molar-refractivity contribution in [3.8, 4) is 0 Å². The Morgan fingerprint density at radius 1 is 1.32 bits per heavy atom. The Hall–Kier alpha value is -2.12. The van der Waals surface area contributed by atoms with Crippen LogP contribution in [0, 0.1) is 0 Å². The summed E-state index contributed by atoms with van der Waals surface area (Å²) in [6.07, 6.45) is 1.59. The Balaban J connectivity index is 1.65. The molecule has 1 N–H and O–H groups in total. The van der Waals surface area contributed by atoms with Crippen molar-refractivity contribution in [1.82, 2.24) is 5.43 Å². The monoisotopic (exact) mass is 331 g/mol. The molecule has 1 aromatic carbocycles. The van der Waals surface area contributed by atoms with Gasteiger partial charge in [0, 0.05) is 9.77 Å². The number of nitrogens with one attached hydrogen (secondary N) is 1. The summed E-state index contributed by atoms with van der Waals surface area (Å²) in [5, 5.41) is 5.84. The molecule has 0 saturated heterocycles. The topological polar surface area (TPSA) is 61.8 Å². The third kappa shape index (κ3) is 3.37. The highest BCUT2D eigenvalue weighted by Gasteiger charge is 2.25. The van der Waals surface area contributed by atoms with Crippen molar-refractivity contribution in [2.75, 3.05) is 17.2 Å². The molecule has 0 atom stereocenters. The van der Waals surface area contributed by atoms with Crippen molar-refractivity contribution in [1.29, 1.82) is 0 Å². The van der Waals surface area contributed by atoms with Crippen LogP contribution in [0.3, 0.4) is 0 Å². The molecule has 1 aliphatic heterocycles. The summed E-state index contributed by atoms with van der Waals surface area (Å²) in [5.74, 6) is -0.0353. The quantitative estimate of drug-likeness (QED) is 0.691. The number of amides is 2. The summed E-state index contributed by atoms with van der Waals surface area (Å²) in [4.78, 5) is 27.5. The molecule has 0 fully saturated rings. The lowest BCUT2D eigenvalue weighted by Gasteiger charge is -2.27. The van der Waals surface area contributed by atoms with E-state index in [0.717, 1.165) is 15.5 Å². The van der Waals surface area contributed by atoms with Crippen LogP contribution in [0.4, 0.5) is 5.69 Å². The SMILES string of the molecule is O=C(CN1C(=O)CSc2ccccc21)N/N=C\c1cccs1. The number of hydrogen-bond donors (Lipinski definition) is 1. The molecule has 2 amide bonds. The summed E-state index contributed by atoms with van der Waals surface area (Å²) in [7, 11) is 0. The van der Waals surface area contributed by atoms with Gasteiger partial charge in [-0.25, -0.2) is 5.43 Å². The molecule has 7 heteroatoms. The Morgan fingerprint density at radius 2 is 2.18 bits per heavy atom. The summed E-state index contributed by atoms with van der Waals surface area (Å²) in [6, 6.07) is 11.4. The number of fused-ring (bicyclic) bond motifs is 1. The van der Waals surface area contributed by atoms with E-state index in [1.807, 2.05) is 41.8 Å². The minimum absolute atomic E-state index is 0.0296. The molecule has 5 nitrogen and oxygen atoms in total. The number of thiophene rings is 1. The average molecular weight is 331 g/mol. The van der Waals surface area contributed by atoms with Gasteiger partial charge in [0.2, 0.25) is 5.91 Å². The van der Waals surface area contributed by atoms with Gasteiger partial charge in [0.1, 0.15) is 6.54 Å². The van der Waals surface area contributed by atoms with Gasteiger partial charge in [-0.3, -0.25) is 9.59 Å². The zero-order chi connectivity index (χ0) is 15.4. The highest BCUT2D eigenvalue weighted by molar-refractivity contribution is 8.00. The molecule has 0 unspecified atom stereocenters. The smallest absolute Gasteiger partial charge is 0.260 e.